The molecule has 1 heterocycles. The summed E-state index contributed by atoms with van der Waals surface area (Å²) in [6, 6.07) is 8.56. The number of carbonyl (C=O) groups is 1. The van der Waals surface area contributed by atoms with E-state index in [1.165, 1.54) is 57.7 Å². The van der Waals surface area contributed by atoms with Gasteiger partial charge in [-0.25, -0.2) is 9.18 Å². The number of ether oxygens (including phenoxy) is 4. The number of nitrogens with zero attached hydrogens (tertiary/aromatic N) is 2. The number of hydrogen-bond acceptors (Lipinski definition) is 8. The van der Waals surface area contributed by atoms with Gasteiger partial charge in [0.1, 0.15) is 5.82 Å². The minimum atomic E-state index is -0.816. The summed E-state index contributed by atoms with van der Waals surface area (Å²) in [5, 5.41) is 7.81. The first kappa shape index (κ1) is 20.1. The zero-order chi connectivity index (χ0) is 21.0. The number of benzene rings is 2. The average molecular weight is 402 g/mol. The lowest BCUT2D eigenvalue weighted by Gasteiger charge is -2.14. The number of halogens is 1. The summed E-state index contributed by atoms with van der Waals surface area (Å²) in [6.45, 7) is 1.60. The van der Waals surface area contributed by atoms with Crippen LogP contribution >= 0.6 is 0 Å². The molecule has 0 spiro atoms. The van der Waals surface area contributed by atoms with Gasteiger partial charge in [-0.05, 0) is 43.3 Å². The molecule has 0 fully saturated rings. The van der Waals surface area contributed by atoms with E-state index in [1.807, 2.05) is 0 Å². The van der Waals surface area contributed by atoms with Crippen molar-refractivity contribution in [3.05, 3.63) is 53.7 Å². The summed E-state index contributed by atoms with van der Waals surface area (Å²) >= 11 is 0. The maximum Gasteiger partial charge on any atom is 0.339 e. The van der Waals surface area contributed by atoms with Gasteiger partial charge in [0.25, 0.3) is 5.89 Å². The topological polar surface area (TPSA) is 92.9 Å². The predicted octanol–water partition coefficient (Wildman–Crippen LogP) is 3.82. The molecular weight excluding hydrogens is 383 g/mol. The van der Waals surface area contributed by atoms with Crippen LogP contribution < -0.4 is 14.2 Å². The molecule has 29 heavy (non-hydrogen) atoms. The van der Waals surface area contributed by atoms with Crippen LogP contribution in [-0.2, 0) is 4.74 Å². The molecule has 0 aliphatic rings. The van der Waals surface area contributed by atoms with Gasteiger partial charge in [-0.2, -0.15) is 0 Å². The second-order valence-corrected chi connectivity index (χ2v) is 5.91. The van der Waals surface area contributed by atoms with Crippen molar-refractivity contribution in [2.45, 2.75) is 13.0 Å². The van der Waals surface area contributed by atoms with Gasteiger partial charge in [0.2, 0.25) is 11.6 Å². The van der Waals surface area contributed by atoms with E-state index in [1.54, 1.807) is 6.92 Å². The van der Waals surface area contributed by atoms with Gasteiger partial charge in [-0.3, -0.25) is 0 Å². The second-order valence-electron chi connectivity index (χ2n) is 5.91. The Labute approximate surface area is 166 Å². The van der Waals surface area contributed by atoms with Crippen LogP contribution in [0.4, 0.5) is 4.39 Å². The average Bonchev–Trinajstić information content (AvgIpc) is 3.23. The number of aromatic nitrogens is 2. The lowest BCUT2D eigenvalue weighted by Crippen LogP contribution is -2.10. The summed E-state index contributed by atoms with van der Waals surface area (Å²) < 4.78 is 39.7. The zero-order valence-electron chi connectivity index (χ0n) is 16.3. The first-order valence-corrected chi connectivity index (χ1v) is 8.57. The van der Waals surface area contributed by atoms with E-state index in [9.17, 15) is 9.18 Å². The largest absolute Gasteiger partial charge is 0.493 e. The van der Waals surface area contributed by atoms with Crippen molar-refractivity contribution in [2.75, 3.05) is 21.3 Å². The van der Waals surface area contributed by atoms with Gasteiger partial charge in [0.05, 0.1) is 26.9 Å². The zero-order valence-corrected chi connectivity index (χ0v) is 16.3. The molecule has 0 bridgehead atoms. The molecule has 0 saturated carbocycles. The third kappa shape index (κ3) is 4.29. The Morgan fingerprint density at radius 3 is 2.17 bits per heavy atom. The Bertz CT molecular complexity index is 977. The van der Waals surface area contributed by atoms with E-state index in [2.05, 4.69) is 10.2 Å². The third-order valence-corrected chi connectivity index (χ3v) is 4.06. The molecule has 0 unspecified atom stereocenters. The van der Waals surface area contributed by atoms with Gasteiger partial charge >= 0.3 is 5.97 Å². The smallest absolute Gasteiger partial charge is 0.339 e. The standard InChI is InChI=1S/C20H19FN2O6/c1-11(18-22-23-19(29-18)12-5-7-14(21)8-6-12)28-20(24)13-9-15(25-2)17(27-4)16(10-13)26-3/h5-11H,1-4H3/t11-/m1/s1. The van der Waals surface area contributed by atoms with Crippen LogP contribution in [0.1, 0.15) is 29.3 Å². The van der Waals surface area contributed by atoms with Crippen molar-refractivity contribution < 1.29 is 32.5 Å². The molecule has 9 heteroatoms. The fraction of sp³-hybridized carbons (Fsp3) is 0.250. The summed E-state index contributed by atoms with van der Waals surface area (Å²) in [4.78, 5) is 12.6. The normalized spacial score (nSPS) is 11.6. The highest BCUT2D eigenvalue weighted by Gasteiger charge is 2.23. The van der Waals surface area contributed by atoms with Crippen molar-refractivity contribution in [3.63, 3.8) is 0 Å². The highest BCUT2D eigenvalue weighted by atomic mass is 19.1. The molecule has 0 N–H and O–H groups in total. The number of esters is 1. The number of hydrogen-bond donors (Lipinski definition) is 0. The fourth-order valence-electron chi connectivity index (χ4n) is 2.59. The molecule has 2 aromatic carbocycles. The minimum absolute atomic E-state index is 0.102. The fourth-order valence-corrected chi connectivity index (χ4v) is 2.59. The number of carbonyl (C=O) groups excluding carboxylic acids is 1. The molecule has 0 aliphatic heterocycles. The van der Waals surface area contributed by atoms with Crippen molar-refractivity contribution in [1.29, 1.82) is 0 Å². The summed E-state index contributed by atoms with van der Waals surface area (Å²) in [5.74, 6) is 0.284. The van der Waals surface area contributed by atoms with Crippen molar-refractivity contribution >= 4 is 5.97 Å². The van der Waals surface area contributed by atoms with Gasteiger partial charge in [-0.1, -0.05) is 0 Å². The van der Waals surface area contributed by atoms with Crippen LogP contribution in [-0.4, -0.2) is 37.5 Å². The Hall–Kier alpha value is -3.62. The van der Waals surface area contributed by atoms with Crippen LogP contribution in [0.3, 0.4) is 0 Å². The lowest BCUT2D eigenvalue weighted by atomic mass is 10.2. The van der Waals surface area contributed by atoms with Crippen LogP contribution in [0.5, 0.6) is 17.2 Å². The van der Waals surface area contributed by atoms with E-state index in [4.69, 9.17) is 23.4 Å². The molecule has 152 valence electrons. The van der Waals surface area contributed by atoms with Gasteiger partial charge in [0, 0.05) is 5.56 Å². The Morgan fingerprint density at radius 2 is 1.62 bits per heavy atom. The number of rotatable bonds is 7. The van der Waals surface area contributed by atoms with E-state index < -0.39 is 12.1 Å². The third-order valence-electron chi connectivity index (χ3n) is 4.06. The highest BCUT2D eigenvalue weighted by molar-refractivity contribution is 5.91. The number of methoxy groups -OCH3 is 3. The molecule has 8 nitrogen and oxygen atoms in total. The molecule has 1 aromatic heterocycles. The Kier molecular flexibility index (Phi) is 5.96. The van der Waals surface area contributed by atoms with Crippen LogP contribution in [0.2, 0.25) is 0 Å². The molecule has 0 aliphatic carbocycles. The lowest BCUT2D eigenvalue weighted by molar-refractivity contribution is 0.0279. The van der Waals surface area contributed by atoms with Gasteiger partial charge in [-0.15, -0.1) is 10.2 Å². The van der Waals surface area contributed by atoms with Crippen molar-refractivity contribution in [2.24, 2.45) is 0 Å². The maximum atomic E-state index is 13.0. The van der Waals surface area contributed by atoms with Gasteiger partial charge in [0.15, 0.2) is 17.6 Å². The summed E-state index contributed by atoms with van der Waals surface area (Å²) in [7, 11) is 4.36. The van der Waals surface area contributed by atoms with E-state index in [-0.39, 0.29) is 23.2 Å². The van der Waals surface area contributed by atoms with Crippen LogP contribution in [0.15, 0.2) is 40.8 Å². The highest BCUT2D eigenvalue weighted by Crippen LogP contribution is 2.38. The van der Waals surface area contributed by atoms with E-state index in [0.717, 1.165) is 0 Å². The maximum absolute atomic E-state index is 13.0. The second kappa shape index (κ2) is 8.59. The molecule has 0 amide bonds. The first-order chi connectivity index (χ1) is 14.0. The first-order valence-electron chi connectivity index (χ1n) is 8.57. The molecule has 3 rings (SSSR count). The van der Waals surface area contributed by atoms with E-state index in [0.29, 0.717) is 22.8 Å². The predicted molar refractivity (Wildman–Crippen MR) is 99.6 cm³/mol. The van der Waals surface area contributed by atoms with Crippen LogP contribution in [0, 0.1) is 5.82 Å². The minimum Gasteiger partial charge on any atom is -0.493 e. The molecule has 3 aromatic rings. The monoisotopic (exact) mass is 402 g/mol. The quantitative estimate of drug-likeness (QED) is 0.551. The SMILES string of the molecule is COc1cc(C(=O)O[C@H](C)c2nnc(-c3ccc(F)cc3)o2)cc(OC)c1OC. The Morgan fingerprint density at radius 1 is 1.00 bits per heavy atom. The summed E-state index contributed by atoms with van der Waals surface area (Å²) in [5.41, 5.74) is 0.748. The van der Waals surface area contributed by atoms with Gasteiger partial charge < -0.3 is 23.4 Å². The molecule has 1 atom stereocenters. The van der Waals surface area contributed by atoms with Crippen LogP contribution in [0.25, 0.3) is 11.5 Å². The van der Waals surface area contributed by atoms with E-state index >= 15 is 0 Å². The summed E-state index contributed by atoms with van der Waals surface area (Å²) in [6.07, 6.45) is -0.816. The van der Waals surface area contributed by atoms with Crippen molar-refractivity contribution in [1.82, 2.24) is 10.2 Å². The molecule has 0 radical (unpaired) electrons. The molecule has 0 saturated heterocycles. The molecular formula is C20H19FN2O6. The Balaban J connectivity index is 1.78. The van der Waals surface area contributed by atoms with Crippen molar-refractivity contribution in [3.8, 4) is 28.7 Å².